The minimum atomic E-state index is -0.249. The van der Waals surface area contributed by atoms with Gasteiger partial charge in [0.2, 0.25) is 0 Å². The first-order valence-electron chi connectivity index (χ1n) is 3.02. The van der Waals surface area contributed by atoms with Crippen molar-refractivity contribution in [2.45, 2.75) is 13.7 Å². The van der Waals surface area contributed by atoms with E-state index >= 15 is 0 Å². The van der Waals surface area contributed by atoms with Gasteiger partial charge in [-0.1, -0.05) is 6.07 Å². The molecule has 0 aromatic carbocycles. The summed E-state index contributed by atoms with van der Waals surface area (Å²) < 4.78 is 1.25. The van der Waals surface area contributed by atoms with Crippen LogP contribution in [0.1, 0.15) is 5.56 Å². The van der Waals surface area contributed by atoms with Crippen LogP contribution in [0.2, 0.25) is 0 Å². The van der Waals surface area contributed by atoms with Crippen LogP contribution < -0.4 is 5.56 Å². The van der Waals surface area contributed by atoms with E-state index in [1.165, 1.54) is 10.6 Å². The van der Waals surface area contributed by atoms with Crippen molar-refractivity contribution in [2.24, 2.45) is 0 Å². The molecular weight excluding hydrogens is 130 g/mol. The zero-order chi connectivity index (χ0) is 7.56. The van der Waals surface area contributed by atoms with Gasteiger partial charge in [0.1, 0.15) is 6.73 Å². The number of hydrogen-bond acceptors (Lipinski definition) is 2. The molecule has 1 rings (SSSR count). The number of aryl methyl sites for hydroxylation is 1. The molecule has 10 heavy (non-hydrogen) atoms. The Morgan fingerprint density at radius 3 is 2.80 bits per heavy atom. The number of aliphatic hydroxyl groups is 1. The molecule has 0 saturated heterocycles. The van der Waals surface area contributed by atoms with Crippen LogP contribution in [0.25, 0.3) is 0 Å². The normalized spacial score (nSPS) is 9.80. The molecule has 1 aromatic rings. The smallest absolute Gasteiger partial charge is 0.252 e. The van der Waals surface area contributed by atoms with Gasteiger partial charge in [-0.15, -0.1) is 0 Å². The molecule has 1 aromatic heterocycles. The Morgan fingerprint density at radius 1 is 1.60 bits per heavy atom. The lowest BCUT2D eigenvalue weighted by atomic mass is 10.3. The highest BCUT2D eigenvalue weighted by atomic mass is 16.3. The Bertz CT molecular complexity index is 277. The van der Waals surface area contributed by atoms with Crippen molar-refractivity contribution in [3.63, 3.8) is 0 Å². The summed E-state index contributed by atoms with van der Waals surface area (Å²) in [6.07, 6.45) is 1.61. The van der Waals surface area contributed by atoms with Gasteiger partial charge in [0.15, 0.2) is 0 Å². The number of rotatable bonds is 1. The summed E-state index contributed by atoms with van der Waals surface area (Å²) in [5.74, 6) is 0. The largest absolute Gasteiger partial charge is 0.376 e. The summed E-state index contributed by atoms with van der Waals surface area (Å²) >= 11 is 0. The summed E-state index contributed by atoms with van der Waals surface area (Å²) in [7, 11) is 0. The van der Waals surface area contributed by atoms with Gasteiger partial charge in [0.05, 0.1) is 0 Å². The third-order valence-corrected chi connectivity index (χ3v) is 1.28. The summed E-state index contributed by atoms with van der Waals surface area (Å²) in [5, 5.41) is 8.61. The second-order valence-corrected chi connectivity index (χ2v) is 2.16. The van der Waals surface area contributed by atoms with Crippen molar-refractivity contribution >= 4 is 0 Å². The van der Waals surface area contributed by atoms with Gasteiger partial charge in [-0.05, 0) is 12.5 Å². The first-order chi connectivity index (χ1) is 4.74. The van der Waals surface area contributed by atoms with E-state index in [9.17, 15) is 4.79 Å². The standard InChI is InChI=1S/C7H9NO2/c1-6-2-3-7(10)8(4-6)5-9/h2-4,9H,5H2,1H3. The highest BCUT2D eigenvalue weighted by Gasteiger charge is 1.90. The fraction of sp³-hybridized carbons (Fsp3) is 0.286. The van der Waals surface area contributed by atoms with Gasteiger partial charge in [-0.3, -0.25) is 9.36 Å². The average Bonchev–Trinajstić information content (AvgIpc) is 1.94. The molecule has 0 aliphatic heterocycles. The molecule has 0 atom stereocenters. The minimum Gasteiger partial charge on any atom is -0.376 e. The highest BCUT2D eigenvalue weighted by molar-refractivity contribution is 5.06. The molecule has 0 spiro atoms. The Kier molecular flexibility index (Phi) is 1.87. The van der Waals surface area contributed by atoms with Crippen LogP contribution in [-0.2, 0) is 6.73 Å². The summed E-state index contributed by atoms with van der Waals surface area (Å²) in [5.41, 5.74) is 0.793. The summed E-state index contributed by atoms with van der Waals surface area (Å²) in [6.45, 7) is 1.62. The Balaban J connectivity index is 3.22. The summed E-state index contributed by atoms with van der Waals surface area (Å²) in [6, 6.07) is 3.15. The molecule has 0 aliphatic carbocycles. The van der Waals surface area contributed by atoms with Crippen LogP contribution in [0.4, 0.5) is 0 Å². The third kappa shape index (κ3) is 1.25. The molecule has 3 nitrogen and oxygen atoms in total. The molecule has 1 N–H and O–H groups in total. The van der Waals surface area contributed by atoms with Crippen molar-refractivity contribution in [2.75, 3.05) is 0 Å². The van der Waals surface area contributed by atoms with Crippen molar-refractivity contribution in [3.05, 3.63) is 34.2 Å². The molecule has 1 heterocycles. The second kappa shape index (κ2) is 2.66. The van der Waals surface area contributed by atoms with E-state index in [0.717, 1.165) is 5.56 Å². The van der Waals surface area contributed by atoms with Crippen LogP contribution in [0.5, 0.6) is 0 Å². The molecule has 0 unspecified atom stereocenters. The molecule has 0 amide bonds. The van der Waals surface area contributed by atoms with E-state index in [1.807, 2.05) is 6.92 Å². The SMILES string of the molecule is Cc1ccc(=O)n(CO)c1. The second-order valence-electron chi connectivity index (χ2n) is 2.16. The third-order valence-electron chi connectivity index (χ3n) is 1.28. The highest BCUT2D eigenvalue weighted by Crippen LogP contribution is 1.89. The molecule has 54 valence electrons. The van der Waals surface area contributed by atoms with Gasteiger partial charge >= 0.3 is 0 Å². The lowest BCUT2D eigenvalue weighted by molar-refractivity contribution is 0.206. The number of aliphatic hydroxyl groups excluding tert-OH is 1. The van der Waals surface area contributed by atoms with Crippen LogP contribution in [-0.4, -0.2) is 9.67 Å². The predicted octanol–water partition coefficient (Wildman–Crippen LogP) is 0.107. The maximum atomic E-state index is 10.8. The van der Waals surface area contributed by atoms with Crippen LogP contribution in [0, 0.1) is 6.92 Å². The van der Waals surface area contributed by atoms with E-state index in [4.69, 9.17) is 5.11 Å². The molecule has 0 fully saturated rings. The monoisotopic (exact) mass is 139 g/mol. The van der Waals surface area contributed by atoms with Crippen molar-refractivity contribution in [1.29, 1.82) is 0 Å². The van der Waals surface area contributed by atoms with Crippen molar-refractivity contribution in [1.82, 2.24) is 4.57 Å². The molecule has 3 heteroatoms. The number of hydrogen-bond donors (Lipinski definition) is 1. The Hall–Kier alpha value is -1.09. The van der Waals surface area contributed by atoms with Crippen molar-refractivity contribution < 1.29 is 5.11 Å². The lowest BCUT2D eigenvalue weighted by Gasteiger charge is -1.99. The minimum absolute atomic E-state index is 0.173. The van der Waals surface area contributed by atoms with Gasteiger partial charge in [-0.2, -0.15) is 0 Å². The fourth-order valence-corrected chi connectivity index (χ4v) is 0.761. The van der Waals surface area contributed by atoms with E-state index < -0.39 is 0 Å². The molecule has 0 saturated carbocycles. The van der Waals surface area contributed by atoms with E-state index in [0.29, 0.717) is 0 Å². The van der Waals surface area contributed by atoms with Gasteiger partial charge in [0, 0.05) is 12.3 Å². The van der Waals surface area contributed by atoms with Gasteiger partial charge < -0.3 is 5.11 Å². The Labute approximate surface area is 58.5 Å². The zero-order valence-corrected chi connectivity index (χ0v) is 5.74. The maximum Gasteiger partial charge on any atom is 0.252 e. The summed E-state index contributed by atoms with van der Waals surface area (Å²) in [4.78, 5) is 10.8. The molecular formula is C7H9NO2. The van der Waals surface area contributed by atoms with Crippen LogP contribution in [0.3, 0.4) is 0 Å². The van der Waals surface area contributed by atoms with Gasteiger partial charge in [0.25, 0.3) is 5.56 Å². The first kappa shape index (κ1) is 7.02. The van der Waals surface area contributed by atoms with Crippen LogP contribution in [0.15, 0.2) is 23.1 Å². The fourth-order valence-electron chi connectivity index (χ4n) is 0.761. The van der Waals surface area contributed by atoms with Gasteiger partial charge in [-0.25, -0.2) is 0 Å². The topological polar surface area (TPSA) is 42.2 Å². The average molecular weight is 139 g/mol. The van der Waals surface area contributed by atoms with E-state index in [1.54, 1.807) is 12.3 Å². The number of pyridine rings is 1. The lowest BCUT2D eigenvalue weighted by Crippen LogP contribution is -2.18. The van der Waals surface area contributed by atoms with Crippen molar-refractivity contribution in [3.8, 4) is 0 Å². The molecule has 0 aliphatic rings. The molecule has 0 bridgehead atoms. The molecule has 0 radical (unpaired) electrons. The van der Waals surface area contributed by atoms with E-state index in [-0.39, 0.29) is 12.3 Å². The zero-order valence-electron chi connectivity index (χ0n) is 5.74. The number of aromatic nitrogens is 1. The Morgan fingerprint density at radius 2 is 2.30 bits per heavy atom. The van der Waals surface area contributed by atoms with E-state index in [2.05, 4.69) is 0 Å². The first-order valence-corrected chi connectivity index (χ1v) is 3.02. The maximum absolute atomic E-state index is 10.8. The quantitative estimate of drug-likeness (QED) is 0.599. The van der Waals surface area contributed by atoms with Crippen LogP contribution >= 0.6 is 0 Å². The predicted molar refractivity (Wildman–Crippen MR) is 37.7 cm³/mol. The number of nitrogens with zero attached hydrogens (tertiary/aromatic N) is 1.